The monoisotopic (exact) mass is 216 g/mol. The van der Waals surface area contributed by atoms with E-state index in [2.05, 4.69) is 24.8 Å². The maximum Gasteiger partial charge on any atom is 0.132 e. The highest BCUT2D eigenvalue weighted by atomic mass is 32.1. The van der Waals surface area contributed by atoms with Gasteiger partial charge in [-0.25, -0.2) is 0 Å². The minimum absolute atomic E-state index is 0.805. The Kier molecular flexibility index (Phi) is 2.97. The highest BCUT2D eigenvalue weighted by Gasteiger charge is 2.05. The highest BCUT2D eigenvalue weighted by molar-refractivity contribution is 7.80. The lowest BCUT2D eigenvalue weighted by molar-refractivity contribution is 0.405. The van der Waals surface area contributed by atoms with E-state index in [4.69, 9.17) is 4.74 Å². The number of rotatable bonds is 2. The first-order valence-corrected chi connectivity index (χ1v) is 5.19. The fourth-order valence-electron chi connectivity index (χ4n) is 1.54. The molecule has 0 amide bonds. The Hall–Kier alpha value is -1.41. The molecule has 2 aromatic rings. The van der Waals surface area contributed by atoms with Crippen molar-refractivity contribution in [3.05, 3.63) is 48.5 Å². The fraction of sp³-hybridized carbons (Fsp3) is 0.0769. The topological polar surface area (TPSA) is 9.23 Å². The Bertz CT molecular complexity index is 451. The van der Waals surface area contributed by atoms with Crippen LogP contribution in [0, 0.1) is 0 Å². The zero-order valence-electron chi connectivity index (χ0n) is 8.47. The summed E-state index contributed by atoms with van der Waals surface area (Å²) in [5.41, 5.74) is 2.25. The summed E-state index contributed by atoms with van der Waals surface area (Å²) < 4.78 is 5.23. The van der Waals surface area contributed by atoms with Crippen LogP contribution < -0.4 is 4.74 Å². The number of thiol groups is 1. The summed E-state index contributed by atoms with van der Waals surface area (Å²) in [4.78, 5) is 0.881. The third-order valence-electron chi connectivity index (χ3n) is 2.30. The molecule has 0 aliphatic heterocycles. The van der Waals surface area contributed by atoms with Crippen LogP contribution in [0.3, 0.4) is 0 Å². The summed E-state index contributed by atoms with van der Waals surface area (Å²) in [6, 6.07) is 16.1. The Morgan fingerprint density at radius 1 is 0.933 bits per heavy atom. The molecule has 1 nitrogen and oxygen atoms in total. The van der Waals surface area contributed by atoms with Gasteiger partial charge in [0.15, 0.2) is 0 Å². The van der Waals surface area contributed by atoms with Crippen molar-refractivity contribution in [1.82, 2.24) is 0 Å². The summed E-state index contributed by atoms with van der Waals surface area (Å²) in [7, 11) is 1.66. The van der Waals surface area contributed by atoms with Crippen molar-refractivity contribution in [2.75, 3.05) is 7.11 Å². The SMILES string of the molecule is COc1cccc(-c2ccccc2)c1S. The van der Waals surface area contributed by atoms with Crippen molar-refractivity contribution in [3.63, 3.8) is 0 Å². The lowest BCUT2D eigenvalue weighted by Crippen LogP contribution is -1.87. The van der Waals surface area contributed by atoms with Crippen LogP contribution in [0.15, 0.2) is 53.4 Å². The average Bonchev–Trinajstić information content (AvgIpc) is 2.30. The standard InChI is InChI=1S/C13H12OS/c1-14-12-9-5-8-11(13(12)15)10-6-3-2-4-7-10/h2-9,15H,1H3. The maximum atomic E-state index is 5.23. The van der Waals surface area contributed by atoms with Gasteiger partial charge in [-0.1, -0.05) is 42.5 Å². The molecule has 15 heavy (non-hydrogen) atoms. The van der Waals surface area contributed by atoms with Gasteiger partial charge in [0.25, 0.3) is 0 Å². The van der Waals surface area contributed by atoms with Crippen molar-refractivity contribution in [2.45, 2.75) is 4.90 Å². The van der Waals surface area contributed by atoms with Crippen molar-refractivity contribution < 1.29 is 4.74 Å². The molecule has 0 bridgehead atoms. The number of benzene rings is 2. The van der Waals surface area contributed by atoms with Gasteiger partial charge in [0, 0.05) is 0 Å². The molecule has 2 heteroatoms. The highest BCUT2D eigenvalue weighted by Crippen LogP contribution is 2.33. The van der Waals surface area contributed by atoms with E-state index < -0.39 is 0 Å². The summed E-state index contributed by atoms with van der Waals surface area (Å²) in [6.07, 6.45) is 0. The average molecular weight is 216 g/mol. The van der Waals surface area contributed by atoms with Crippen LogP contribution in [0.2, 0.25) is 0 Å². The molecule has 0 aliphatic carbocycles. The van der Waals surface area contributed by atoms with Crippen LogP contribution in [0.4, 0.5) is 0 Å². The molecule has 0 atom stereocenters. The second kappa shape index (κ2) is 4.41. The Labute approximate surface area is 95.1 Å². The number of ether oxygens (including phenoxy) is 1. The van der Waals surface area contributed by atoms with Crippen LogP contribution in [-0.4, -0.2) is 7.11 Å². The first kappa shape index (κ1) is 10.1. The largest absolute Gasteiger partial charge is 0.496 e. The van der Waals surface area contributed by atoms with Crippen molar-refractivity contribution >= 4 is 12.6 Å². The van der Waals surface area contributed by atoms with Crippen LogP contribution in [0.5, 0.6) is 5.75 Å². The van der Waals surface area contributed by atoms with Gasteiger partial charge in [-0.2, -0.15) is 0 Å². The predicted octanol–water partition coefficient (Wildman–Crippen LogP) is 3.65. The zero-order chi connectivity index (χ0) is 10.7. The van der Waals surface area contributed by atoms with Gasteiger partial charge in [0.05, 0.1) is 12.0 Å². The third kappa shape index (κ3) is 2.00. The molecule has 0 radical (unpaired) electrons. The van der Waals surface area contributed by atoms with E-state index in [9.17, 15) is 0 Å². The van der Waals surface area contributed by atoms with Crippen LogP contribution in [0.1, 0.15) is 0 Å². The van der Waals surface area contributed by atoms with E-state index in [1.807, 2.05) is 36.4 Å². The molecule has 0 spiro atoms. The number of methoxy groups -OCH3 is 1. The van der Waals surface area contributed by atoms with E-state index in [1.54, 1.807) is 7.11 Å². The molecule has 0 fully saturated rings. The zero-order valence-corrected chi connectivity index (χ0v) is 9.37. The number of hydrogen-bond acceptors (Lipinski definition) is 2. The third-order valence-corrected chi connectivity index (χ3v) is 2.77. The molecule has 0 aromatic heterocycles. The lowest BCUT2D eigenvalue weighted by atomic mass is 10.1. The van der Waals surface area contributed by atoms with E-state index in [-0.39, 0.29) is 0 Å². The molecule has 76 valence electrons. The van der Waals surface area contributed by atoms with E-state index in [1.165, 1.54) is 0 Å². The molecule has 2 rings (SSSR count). The molecule has 0 aliphatic rings. The minimum Gasteiger partial charge on any atom is -0.496 e. The van der Waals surface area contributed by atoms with E-state index in [0.29, 0.717) is 0 Å². The molecule has 0 saturated carbocycles. The van der Waals surface area contributed by atoms with Gasteiger partial charge in [-0.3, -0.25) is 0 Å². The molecule has 2 aromatic carbocycles. The second-order valence-corrected chi connectivity index (χ2v) is 3.67. The summed E-state index contributed by atoms with van der Waals surface area (Å²) >= 11 is 4.48. The molecular weight excluding hydrogens is 204 g/mol. The van der Waals surface area contributed by atoms with Gasteiger partial charge in [0.1, 0.15) is 5.75 Å². The van der Waals surface area contributed by atoms with Crippen molar-refractivity contribution in [1.29, 1.82) is 0 Å². The molecule has 0 heterocycles. The fourth-order valence-corrected chi connectivity index (χ4v) is 1.91. The van der Waals surface area contributed by atoms with Crippen molar-refractivity contribution in [2.24, 2.45) is 0 Å². The van der Waals surface area contributed by atoms with Crippen LogP contribution in [-0.2, 0) is 0 Å². The Morgan fingerprint density at radius 2 is 1.67 bits per heavy atom. The van der Waals surface area contributed by atoms with Crippen molar-refractivity contribution in [3.8, 4) is 16.9 Å². The molecule has 0 saturated heterocycles. The first-order valence-electron chi connectivity index (χ1n) is 4.74. The maximum absolute atomic E-state index is 5.23. The van der Waals surface area contributed by atoms with Gasteiger partial charge in [-0.15, -0.1) is 12.6 Å². The van der Waals surface area contributed by atoms with Gasteiger partial charge in [-0.05, 0) is 17.2 Å². The molecule has 0 unspecified atom stereocenters. The Balaban J connectivity index is 2.54. The number of hydrogen-bond donors (Lipinski definition) is 1. The summed E-state index contributed by atoms with van der Waals surface area (Å²) in [5, 5.41) is 0. The summed E-state index contributed by atoms with van der Waals surface area (Å²) in [6.45, 7) is 0. The lowest BCUT2D eigenvalue weighted by Gasteiger charge is -2.09. The van der Waals surface area contributed by atoms with E-state index >= 15 is 0 Å². The smallest absolute Gasteiger partial charge is 0.132 e. The van der Waals surface area contributed by atoms with Gasteiger partial charge in [0.2, 0.25) is 0 Å². The first-order chi connectivity index (χ1) is 7.33. The quantitative estimate of drug-likeness (QED) is 0.754. The predicted molar refractivity (Wildman–Crippen MR) is 65.7 cm³/mol. The van der Waals surface area contributed by atoms with Gasteiger partial charge >= 0.3 is 0 Å². The second-order valence-electron chi connectivity index (χ2n) is 3.22. The van der Waals surface area contributed by atoms with Gasteiger partial charge < -0.3 is 4.74 Å². The molecule has 0 N–H and O–H groups in total. The summed E-state index contributed by atoms with van der Waals surface area (Å²) in [5.74, 6) is 0.805. The molecular formula is C13H12OS. The van der Waals surface area contributed by atoms with E-state index in [0.717, 1.165) is 21.8 Å². The van der Waals surface area contributed by atoms with Crippen LogP contribution in [0.25, 0.3) is 11.1 Å². The van der Waals surface area contributed by atoms with Crippen LogP contribution >= 0.6 is 12.6 Å². The Morgan fingerprint density at radius 3 is 2.33 bits per heavy atom. The minimum atomic E-state index is 0.805. The normalized spacial score (nSPS) is 10.0.